The highest BCUT2D eigenvalue weighted by Gasteiger charge is 2.15. The molecular formula is C21H16ClN3OS2. The van der Waals surface area contributed by atoms with Crippen LogP contribution in [0.1, 0.15) is 5.56 Å². The van der Waals surface area contributed by atoms with Gasteiger partial charge in [-0.15, -0.1) is 17.9 Å². The average Bonchev–Trinajstić information content (AvgIpc) is 3.15. The molecule has 3 heterocycles. The van der Waals surface area contributed by atoms with Crippen LogP contribution >= 0.6 is 34.7 Å². The lowest BCUT2D eigenvalue weighted by Crippen LogP contribution is -2.22. The number of rotatable bonds is 6. The molecule has 28 heavy (non-hydrogen) atoms. The average molecular weight is 426 g/mol. The number of fused-ring (bicyclic) bond motifs is 1. The van der Waals surface area contributed by atoms with Crippen molar-refractivity contribution >= 4 is 44.9 Å². The van der Waals surface area contributed by atoms with Crippen LogP contribution in [-0.4, -0.2) is 14.5 Å². The number of allylic oxidation sites excluding steroid dienone is 1. The van der Waals surface area contributed by atoms with Gasteiger partial charge in [0.15, 0.2) is 5.16 Å². The van der Waals surface area contributed by atoms with Crippen molar-refractivity contribution in [2.45, 2.75) is 17.5 Å². The molecule has 4 rings (SSSR count). The lowest BCUT2D eigenvalue weighted by Gasteiger charge is -2.09. The summed E-state index contributed by atoms with van der Waals surface area (Å²) in [5.41, 5.74) is 2.06. The van der Waals surface area contributed by atoms with E-state index in [1.165, 1.54) is 23.1 Å². The maximum Gasteiger partial charge on any atom is 0.263 e. The highest BCUT2D eigenvalue weighted by atomic mass is 35.5. The molecule has 4 aromatic rings. The molecule has 3 aromatic heterocycles. The molecule has 0 saturated carbocycles. The number of pyridine rings is 1. The number of hydrogen-bond donors (Lipinski definition) is 0. The third-order valence-corrected chi connectivity index (χ3v) is 6.49. The first kappa shape index (κ1) is 18.9. The predicted octanol–water partition coefficient (Wildman–Crippen LogP) is 5.65. The number of thiophene rings is 1. The van der Waals surface area contributed by atoms with Crippen molar-refractivity contribution in [2.24, 2.45) is 0 Å². The van der Waals surface area contributed by atoms with Crippen LogP contribution in [0.2, 0.25) is 5.15 Å². The fourth-order valence-electron chi connectivity index (χ4n) is 2.78. The van der Waals surface area contributed by atoms with E-state index in [9.17, 15) is 4.79 Å². The Morgan fingerprint density at radius 3 is 2.75 bits per heavy atom. The van der Waals surface area contributed by atoms with E-state index < -0.39 is 0 Å². The van der Waals surface area contributed by atoms with E-state index >= 15 is 0 Å². The molecule has 0 atom stereocenters. The zero-order chi connectivity index (χ0) is 19.5. The second kappa shape index (κ2) is 8.31. The number of thioether (sulfide) groups is 1. The van der Waals surface area contributed by atoms with E-state index in [-0.39, 0.29) is 5.56 Å². The highest BCUT2D eigenvalue weighted by molar-refractivity contribution is 7.98. The van der Waals surface area contributed by atoms with Gasteiger partial charge >= 0.3 is 0 Å². The standard InChI is InChI=1S/C21H16ClN3OS2/c1-2-10-25-20(26)16-11-17(15-6-4-3-5-7-15)28-19(16)24-21(25)27-13-14-8-9-18(22)23-12-14/h2-9,11-12H,1,10,13H2. The van der Waals surface area contributed by atoms with Crippen molar-refractivity contribution in [3.05, 3.63) is 88.5 Å². The van der Waals surface area contributed by atoms with Crippen molar-refractivity contribution in [3.63, 3.8) is 0 Å². The van der Waals surface area contributed by atoms with Crippen molar-refractivity contribution in [3.8, 4) is 10.4 Å². The van der Waals surface area contributed by atoms with Gasteiger partial charge in [-0.1, -0.05) is 65.8 Å². The van der Waals surface area contributed by atoms with Crippen molar-refractivity contribution in [1.29, 1.82) is 0 Å². The van der Waals surface area contributed by atoms with Crippen LogP contribution < -0.4 is 5.56 Å². The van der Waals surface area contributed by atoms with Crippen LogP contribution in [-0.2, 0) is 12.3 Å². The molecule has 0 bridgehead atoms. The molecule has 0 radical (unpaired) electrons. The Morgan fingerprint density at radius 2 is 2.04 bits per heavy atom. The molecule has 0 fully saturated rings. The normalized spacial score (nSPS) is 11.0. The Hall–Kier alpha value is -2.41. The lowest BCUT2D eigenvalue weighted by molar-refractivity contribution is 0.673. The second-order valence-electron chi connectivity index (χ2n) is 6.07. The van der Waals surface area contributed by atoms with E-state index in [1.807, 2.05) is 42.5 Å². The van der Waals surface area contributed by atoms with Gasteiger partial charge in [-0.3, -0.25) is 9.36 Å². The number of nitrogens with zero attached hydrogens (tertiary/aromatic N) is 3. The molecular weight excluding hydrogens is 410 g/mol. The monoisotopic (exact) mass is 425 g/mol. The lowest BCUT2D eigenvalue weighted by atomic mass is 10.2. The quantitative estimate of drug-likeness (QED) is 0.173. The van der Waals surface area contributed by atoms with E-state index in [4.69, 9.17) is 16.6 Å². The van der Waals surface area contributed by atoms with Crippen LogP contribution in [0, 0.1) is 0 Å². The molecule has 0 aliphatic carbocycles. The molecule has 0 amide bonds. The Kier molecular flexibility index (Phi) is 5.62. The zero-order valence-corrected chi connectivity index (χ0v) is 17.2. The second-order valence-corrected chi connectivity index (χ2v) is 8.43. The minimum absolute atomic E-state index is 0.0416. The third-order valence-electron chi connectivity index (χ3n) is 4.14. The first-order valence-electron chi connectivity index (χ1n) is 8.59. The summed E-state index contributed by atoms with van der Waals surface area (Å²) < 4.78 is 1.67. The third kappa shape index (κ3) is 3.90. The van der Waals surface area contributed by atoms with E-state index in [0.717, 1.165) is 20.8 Å². The molecule has 7 heteroatoms. The molecule has 0 aliphatic rings. The number of benzene rings is 1. The summed E-state index contributed by atoms with van der Waals surface area (Å²) in [4.78, 5) is 23.8. The van der Waals surface area contributed by atoms with Gasteiger partial charge < -0.3 is 0 Å². The summed E-state index contributed by atoms with van der Waals surface area (Å²) in [6, 6.07) is 15.7. The Morgan fingerprint density at radius 1 is 1.21 bits per heavy atom. The van der Waals surface area contributed by atoms with Gasteiger partial charge in [0, 0.05) is 23.4 Å². The Labute approximate surface area is 175 Å². The maximum atomic E-state index is 13.1. The van der Waals surface area contributed by atoms with Gasteiger partial charge in [-0.05, 0) is 23.3 Å². The summed E-state index contributed by atoms with van der Waals surface area (Å²) in [6.45, 7) is 4.20. The molecule has 0 N–H and O–H groups in total. The number of aromatic nitrogens is 3. The first-order chi connectivity index (χ1) is 13.7. The van der Waals surface area contributed by atoms with E-state index in [0.29, 0.717) is 28.0 Å². The smallest absolute Gasteiger partial charge is 0.263 e. The Bertz CT molecular complexity index is 1180. The molecule has 0 unspecified atom stereocenters. The van der Waals surface area contributed by atoms with Crippen molar-refractivity contribution < 1.29 is 0 Å². The van der Waals surface area contributed by atoms with Crippen LogP contribution in [0.25, 0.3) is 20.7 Å². The summed E-state index contributed by atoms with van der Waals surface area (Å²) >= 11 is 8.89. The maximum absolute atomic E-state index is 13.1. The SMILES string of the molecule is C=CCn1c(SCc2ccc(Cl)nc2)nc2sc(-c3ccccc3)cc2c1=O. The van der Waals surface area contributed by atoms with Crippen LogP contribution in [0.5, 0.6) is 0 Å². The molecule has 140 valence electrons. The summed E-state index contributed by atoms with van der Waals surface area (Å²) in [7, 11) is 0. The summed E-state index contributed by atoms with van der Waals surface area (Å²) in [6.07, 6.45) is 3.45. The minimum atomic E-state index is -0.0416. The van der Waals surface area contributed by atoms with Gasteiger partial charge in [0.25, 0.3) is 5.56 Å². The number of hydrogen-bond acceptors (Lipinski definition) is 5. The molecule has 0 spiro atoms. The van der Waals surface area contributed by atoms with Gasteiger partial charge in [0.2, 0.25) is 0 Å². The summed E-state index contributed by atoms with van der Waals surface area (Å²) in [5, 5.41) is 1.78. The largest absolute Gasteiger partial charge is 0.283 e. The Balaban J connectivity index is 1.74. The zero-order valence-electron chi connectivity index (χ0n) is 14.8. The molecule has 4 nitrogen and oxygen atoms in total. The van der Waals surface area contributed by atoms with Gasteiger partial charge in [0.1, 0.15) is 9.98 Å². The van der Waals surface area contributed by atoms with Crippen molar-refractivity contribution in [2.75, 3.05) is 0 Å². The fourth-order valence-corrected chi connectivity index (χ4v) is 4.91. The van der Waals surface area contributed by atoms with Gasteiger partial charge in [-0.2, -0.15) is 0 Å². The van der Waals surface area contributed by atoms with E-state index in [2.05, 4.69) is 11.6 Å². The van der Waals surface area contributed by atoms with Crippen LogP contribution in [0.4, 0.5) is 0 Å². The first-order valence-corrected chi connectivity index (χ1v) is 10.8. The highest BCUT2D eigenvalue weighted by Crippen LogP contribution is 2.32. The molecule has 0 saturated heterocycles. The van der Waals surface area contributed by atoms with Crippen molar-refractivity contribution in [1.82, 2.24) is 14.5 Å². The predicted molar refractivity (Wildman–Crippen MR) is 118 cm³/mol. The summed E-state index contributed by atoms with van der Waals surface area (Å²) in [5.74, 6) is 0.649. The van der Waals surface area contributed by atoms with Crippen LogP contribution in [0.3, 0.4) is 0 Å². The van der Waals surface area contributed by atoms with Gasteiger partial charge in [0.05, 0.1) is 5.39 Å². The fraction of sp³-hybridized carbons (Fsp3) is 0.0952. The van der Waals surface area contributed by atoms with Crippen LogP contribution in [0.15, 0.2) is 77.3 Å². The molecule has 0 aliphatic heterocycles. The van der Waals surface area contributed by atoms with E-state index in [1.54, 1.807) is 22.9 Å². The van der Waals surface area contributed by atoms with Gasteiger partial charge in [-0.25, -0.2) is 9.97 Å². The molecule has 1 aromatic carbocycles. The number of halogens is 1. The minimum Gasteiger partial charge on any atom is -0.283 e. The topological polar surface area (TPSA) is 47.8 Å².